The van der Waals surface area contributed by atoms with Crippen LogP contribution < -0.4 is 5.32 Å². The lowest BCUT2D eigenvalue weighted by Gasteiger charge is -2.33. The first-order valence-electron chi connectivity index (χ1n) is 6.72. The maximum atomic E-state index is 12.3. The Morgan fingerprint density at radius 1 is 1.21 bits per heavy atom. The third-order valence-electron chi connectivity index (χ3n) is 4.15. The van der Waals surface area contributed by atoms with Gasteiger partial charge in [0.25, 0.3) is 11.8 Å². The summed E-state index contributed by atoms with van der Waals surface area (Å²) >= 11 is 0. The van der Waals surface area contributed by atoms with Crippen LogP contribution in [0.4, 0.5) is 0 Å². The molecule has 1 aliphatic carbocycles. The van der Waals surface area contributed by atoms with Crippen molar-refractivity contribution in [2.75, 3.05) is 7.05 Å². The summed E-state index contributed by atoms with van der Waals surface area (Å²) in [4.78, 5) is 30.1. The van der Waals surface area contributed by atoms with Crippen LogP contribution in [-0.2, 0) is 0 Å². The maximum Gasteiger partial charge on any atom is 0.280 e. The minimum absolute atomic E-state index is 0.0267. The van der Waals surface area contributed by atoms with E-state index in [0.29, 0.717) is 17.3 Å². The number of nitrogens with one attached hydrogen (secondary N) is 1. The van der Waals surface area contributed by atoms with Crippen LogP contribution in [0.1, 0.15) is 46.5 Å². The average Bonchev–Trinajstić information content (AvgIpc) is 2.72. The second-order valence-electron chi connectivity index (χ2n) is 5.17. The fraction of sp³-hybridized carbons (Fsp3) is 0.500. The van der Waals surface area contributed by atoms with E-state index in [9.17, 15) is 9.59 Å². The standard InChI is InChI=1S/C14H17N3O2/c1-15-9-4-6-10(7-5-9)17-13(18)11-3-2-8-16-12(11)14(17)19/h2-3,8-10,15H,4-7H2,1H3. The van der Waals surface area contributed by atoms with Crippen LogP contribution in [0.3, 0.4) is 0 Å². The summed E-state index contributed by atoms with van der Waals surface area (Å²) in [7, 11) is 1.96. The Morgan fingerprint density at radius 3 is 2.58 bits per heavy atom. The van der Waals surface area contributed by atoms with Gasteiger partial charge in [-0.25, -0.2) is 0 Å². The highest BCUT2D eigenvalue weighted by Crippen LogP contribution is 2.29. The van der Waals surface area contributed by atoms with Gasteiger partial charge in [0, 0.05) is 18.3 Å². The molecule has 2 heterocycles. The third-order valence-corrected chi connectivity index (χ3v) is 4.15. The van der Waals surface area contributed by atoms with Crippen molar-refractivity contribution in [3.63, 3.8) is 0 Å². The molecule has 100 valence electrons. The Hall–Kier alpha value is -1.75. The van der Waals surface area contributed by atoms with Crippen molar-refractivity contribution in [1.29, 1.82) is 0 Å². The largest absolute Gasteiger partial charge is 0.317 e. The molecule has 2 amide bonds. The summed E-state index contributed by atoms with van der Waals surface area (Å²) in [6.45, 7) is 0. The topological polar surface area (TPSA) is 62.3 Å². The number of imide groups is 1. The molecule has 1 aliphatic heterocycles. The van der Waals surface area contributed by atoms with Crippen LogP contribution in [0.5, 0.6) is 0 Å². The van der Waals surface area contributed by atoms with Gasteiger partial charge >= 0.3 is 0 Å². The summed E-state index contributed by atoms with van der Waals surface area (Å²) in [5.74, 6) is -0.408. The zero-order chi connectivity index (χ0) is 13.4. The van der Waals surface area contributed by atoms with Gasteiger partial charge in [-0.05, 0) is 44.9 Å². The lowest BCUT2D eigenvalue weighted by atomic mass is 9.90. The SMILES string of the molecule is CNC1CCC(N2C(=O)c3cccnc3C2=O)CC1. The minimum atomic E-state index is -0.228. The monoisotopic (exact) mass is 259 g/mol. The molecular weight excluding hydrogens is 242 g/mol. The van der Waals surface area contributed by atoms with Crippen LogP contribution >= 0.6 is 0 Å². The molecule has 0 saturated heterocycles. The van der Waals surface area contributed by atoms with E-state index in [1.807, 2.05) is 7.05 Å². The summed E-state index contributed by atoms with van der Waals surface area (Å²) in [6.07, 6.45) is 5.31. The number of aromatic nitrogens is 1. The molecule has 5 heteroatoms. The number of hydrogen-bond acceptors (Lipinski definition) is 4. The van der Waals surface area contributed by atoms with Crippen molar-refractivity contribution < 1.29 is 9.59 Å². The number of amides is 2. The lowest BCUT2D eigenvalue weighted by molar-refractivity contribution is 0.0537. The van der Waals surface area contributed by atoms with Crippen molar-refractivity contribution in [2.45, 2.75) is 37.8 Å². The molecular formula is C14H17N3O2. The number of hydrogen-bond donors (Lipinski definition) is 1. The van der Waals surface area contributed by atoms with Crippen molar-refractivity contribution in [3.05, 3.63) is 29.6 Å². The van der Waals surface area contributed by atoms with Crippen molar-refractivity contribution in [3.8, 4) is 0 Å². The number of carbonyl (C=O) groups excluding carboxylic acids is 2. The van der Waals surface area contributed by atoms with Crippen LogP contribution in [0.2, 0.25) is 0 Å². The highest BCUT2D eigenvalue weighted by Gasteiger charge is 2.41. The zero-order valence-electron chi connectivity index (χ0n) is 10.9. The van der Waals surface area contributed by atoms with E-state index in [0.717, 1.165) is 25.7 Å². The van der Waals surface area contributed by atoms with E-state index >= 15 is 0 Å². The molecule has 19 heavy (non-hydrogen) atoms. The normalized spacial score (nSPS) is 26.7. The molecule has 5 nitrogen and oxygen atoms in total. The van der Waals surface area contributed by atoms with Gasteiger partial charge in [0.2, 0.25) is 0 Å². The molecule has 0 spiro atoms. The Bertz CT molecular complexity index is 486. The first-order valence-corrected chi connectivity index (χ1v) is 6.72. The highest BCUT2D eigenvalue weighted by atomic mass is 16.2. The molecule has 1 aromatic heterocycles. The zero-order valence-corrected chi connectivity index (χ0v) is 10.9. The van der Waals surface area contributed by atoms with E-state index < -0.39 is 0 Å². The van der Waals surface area contributed by atoms with Gasteiger partial charge in [0.05, 0.1) is 5.56 Å². The van der Waals surface area contributed by atoms with Crippen molar-refractivity contribution >= 4 is 11.8 Å². The van der Waals surface area contributed by atoms with E-state index in [4.69, 9.17) is 0 Å². The molecule has 1 fully saturated rings. The third kappa shape index (κ3) is 1.94. The molecule has 1 aromatic rings. The Balaban J connectivity index is 1.81. The Kier molecular flexibility index (Phi) is 3.06. The van der Waals surface area contributed by atoms with Crippen LogP contribution in [0.15, 0.2) is 18.3 Å². The van der Waals surface area contributed by atoms with Crippen molar-refractivity contribution in [1.82, 2.24) is 15.2 Å². The summed E-state index contributed by atoms with van der Waals surface area (Å²) < 4.78 is 0. The quantitative estimate of drug-likeness (QED) is 0.811. The molecule has 3 rings (SSSR count). The minimum Gasteiger partial charge on any atom is -0.317 e. The molecule has 0 radical (unpaired) electrons. The molecule has 0 aromatic carbocycles. The average molecular weight is 259 g/mol. The number of fused-ring (bicyclic) bond motifs is 1. The molecule has 0 atom stereocenters. The van der Waals surface area contributed by atoms with Gasteiger partial charge in [0.1, 0.15) is 5.69 Å². The highest BCUT2D eigenvalue weighted by molar-refractivity contribution is 6.20. The van der Waals surface area contributed by atoms with Gasteiger partial charge in [0.15, 0.2) is 0 Å². The van der Waals surface area contributed by atoms with Crippen LogP contribution in [0, 0.1) is 0 Å². The number of nitrogens with zero attached hydrogens (tertiary/aromatic N) is 2. The van der Waals surface area contributed by atoms with E-state index in [1.165, 1.54) is 4.90 Å². The predicted octanol–water partition coefficient (Wildman–Crippen LogP) is 1.21. The van der Waals surface area contributed by atoms with Gasteiger partial charge in [-0.1, -0.05) is 0 Å². The van der Waals surface area contributed by atoms with E-state index in [1.54, 1.807) is 18.3 Å². The van der Waals surface area contributed by atoms with Gasteiger partial charge in [-0.15, -0.1) is 0 Å². The molecule has 0 bridgehead atoms. The van der Waals surface area contributed by atoms with Gasteiger partial charge < -0.3 is 5.32 Å². The maximum absolute atomic E-state index is 12.3. The van der Waals surface area contributed by atoms with Crippen molar-refractivity contribution in [2.24, 2.45) is 0 Å². The fourth-order valence-electron chi connectivity index (χ4n) is 3.04. The molecule has 2 aliphatic rings. The fourth-order valence-corrected chi connectivity index (χ4v) is 3.04. The van der Waals surface area contributed by atoms with E-state index in [-0.39, 0.29) is 17.9 Å². The van der Waals surface area contributed by atoms with Crippen LogP contribution in [-0.4, -0.2) is 40.8 Å². The van der Waals surface area contributed by atoms with Gasteiger partial charge in [-0.3, -0.25) is 19.5 Å². The van der Waals surface area contributed by atoms with Gasteiger partial charge in [-0.2, -0.15) is 0 Å². The first-order chi connectivity index (χ1) is 9.22. The summed E-state index contributed by atoms with van der Waals surface area (Å²) in [5.41, 5.74) is 0.756. The smallest absolute Gasteiger partial charge is 0.280 e. The molecule has 0 unspecified atom stereocenters. The predicted molar refractivity (Wildman–Crippen MR) is 69.8 cm³/mol. The second kappa shape index (κ2) is 4.74. The summed E-state index contributed by atoms with van der Waals surface area (Å²) in [5, 5.41) is 3.25. The first kappa shape index (κ1) is 12.3. The van der Waals surface area contributed by atoms with E-state index in [2.05, 4.69) is 10.3 Å². The number of carbonyl (C=O) groups is 2. The summed E-state index contributed by atoms with van der Waals surface area (Å²) in [6, 6.07) is 3.91. The number of rotatable bonds is 2. The Labute approximate surface area is 112 Å². The lowest BCUT2D eigenvalue weighted by Crippen LogP contribution is -2.44. The van der Waals surface area contributed by atoms with Crippen LogP contribution in [0.25, 0.3) is 0 Å². The number of pyridine rings is 1. The Morgan fingerprint density at radius 2 is 1.95 bits per heavy atom. The molecule has 1 saturated carbocycles. The molecule has 1 N–H and O–H groups in total. The second-order valence-corrected chi connectivity index (χ2v) is 5.17.